The van der Waals surface area contributed by atoms with Gasteiger partial charge in [-0.3, -0.25) is 4.79 Å². The molecular weight excluding hydrogens is 262 g/mol. The van der Waals surface area contributed by atoms with Gasteiger partial charge in [0.05, 0.1) is 18.1 Å². The van der Waals surface area contributed by atoms with Gasteiger partial charge in [-0.1, -0.05) is 18.2 Å². The van der Waals surface area contributed by atoms with Crippen LogP contribution in [0.5, 0.6) is 0 Å². The van der Waals surface area contributed by atoms with Crippen LogP contribution in [0, 0.1) is 18.3 Å². The van der Waals surface area contributed by atoms with Crippen LogP contribution >= 0.6 is 0 Å². The fraction of sp³-hybridized carbons (Fsp3) is 0.176. The third kappa shape index (κ3) is 3.61. The number of amides is 1. The summed E-state index contributed by atoms with van der Waals surface area (Å²) >= 11 is 0. The number of nitrogens with one attached hydrogen (secondary N) is 2. The first-order valence-corrected chi connectivity index (χ1v) is 6.69. The van der Waals surface area contributed by atoms with Crippen molar-refractivity contribution in [3.8, 4) is 6.07 Å². The Morgan fingerprint density at radius 3 is 2.52 bits per heavy atom. The molecule has 2 N–H and O–H groups in total. The van der Waals surface area contributed by atoms with E-state index < -0.39 is 0 Å². The highest BCUT2D eigenvalue weighted by atomic mass is 16.1. The minimum Gasteiger partial charge on any atom is -0.387 e. The summed E-state index contributed by atoms with van der Waals surface area (Å²) in [6, 6.07) is 15.0. The van der Waals surface area contributed by atoms with Crippen LogP contribution in [0.2, 0.25) is 0 Å². The maximum absolute atomic E-state index is 12.3. The molecule has 0 aliphatic rings. The van der Waals surface area contributed by atoms with E-state index in [2.05, 4.69) is 16.7 Å². The van der Waals surface area contributed by atoms with Crippen LogP contribution in [0.1, 0.15) is 21.5 Å². The second-order valence-electron chi connectivity index (χ2n) is 4.78. The van der Waals surface area contributed by atoms with Gasteiger partial charge in [-0.05, 0) is 42.3 Å². The molecule has 2 rings (SSSR count). The maximum Gasteiger partial charge on any atom is 0.257 e. The second kappa shape index (κ2) is 6.58. The van der Waals surface area contributed by atoms with Crippen molar-refractivity contribution in [2.75, 3.05) is 17.7 Å². The molecule has 4 heteroatoms. The Morgan fingerprint density at radius 1 is 1.19 bits per heavy atom. The van der Waals surface area contributed by atoms with E-state index in [-0.39, 0.29) is 5.91 Å². The van der Waals surface area contributed by atoms with Crippen LogP contribution in [0.3, 0.4) is 0 Å². The van der Waals surface area contributed by atoms with Gasteiger partial charge < -0.3 is 10.6 Å². The number of rotatable bonds is 4. The number of aryl methyl sites for hydroxylation is 1. The van der Waals surface area contributed by atoms with E-state index in [1.165, 1.54) is 0 Å². The predicted molar refractivity (Wildman–Crippen MR) is 84.4 cm³/mol. The molecule has 21 heavy (non-hydrogen) atoms. The lowest BCUT2D eigenvalue weighted by atomic mass is 10.1. The molecular formula is C17H17N3O. The molecule has 2 aromatic rings. The molecule has 2 aromatic carbocycles. The molecule has 106 valence electrons. The Kier molecular flexibility index (Phi) is 4.57. The van der Waals surface area contributed by atoms with Crippen LogP contribution in [-0.4, -0.2) is 13.0 Å². The fourth-order valence-corrected chi connectivity index (χ4v) is 2.06. The summed E-state index contributed by atoms with van der Waals surface area (Å²) in [5.74, 6) is -0.160. The van der Waals surface area contributed by atoms with Crippen molar-refractivity contribution in [2.45, 2.75) is 13.3 Å². The molecule has 0 aliphatic heterocycles. The van der Waals surface area contributed by atoms with Crippen molar-refractivity contribution < 1.29 is 4.79 Å². The molecule has 0 atom stereocenters. The summed E-state index contributed by atoms with van der Waals surface area (Å²) < 4.78 is 0. The van der Waals surface area contributed by atoms with Gasteiger partial charge in [0.15, 0.2) is 0 Å². The van der Waals surface area contributed by atoms with Gasteiger partial charge in [0.25, 0.3) is 5.91 Å². The van der Waals surface area contributed by atoms with Crippen LogP contribution < -0.4 is 10.6 Å². The minimum atomic E-state index is -0.160. The van der Waals surface area contributed by atoms with Crippen molar-refractivity contribution in [1.29, 1.82) is 5.26 Å². The molecule has 0 bridgehead atoms. The quantitative estimate of drug-likeness (QED) is 0.902. The summed E-state index contributed by atoms with van der Waals surface area (Å²) in [5.41, 5.74) is 4.14. The van der Waals surface area contributed by atoms with E-state index in [9.17, 15) is 4.79 Å². The number of carbonyl (C=O) groups excluding carboxylic acids is 1. The Bertz CT molecular complexity index is 684. The first-order valence-electron chi connectivity index (χ1n) is 6.69. The van der Waals surface area contributed by atoms with Crippen molar-refractivity contribution in [3.63, 3.8) is 0 Å². The largest absolute Gasteiger partial charge is 0.387 e. The summed E-state index contributed by atoms with van der Waals surface area (Å²) in [5, 5.41) is 14.5. The summed E-state index contributed by atoms with van der Waals surface area (Å²) in [7, 11) is 1.79. The first-order chi connectivity index (χ1) is 10.1. The lowest BCUT2D eigenvalue weighted by Gasteiger charge is -2.11. The summed E-state index contributed by atoms with van der Waals surface area (Å²) in [6.45, 7) is 1.98. The van der Waals surface area contributed by atoms with E-state index in [4.69, 9.17) is 5.26 Å². The summed E-state index contributed by atoms with van der Waals surface area (Å²) in [6.07, 6.45) is 0.371. The highest BCUT2D eigenvalue weighted by molar-refractivity contribution is 6.08. The zero-order valence-electron chi connectivity index (χ0n) is 12.1. The van der Waals surface area contributed by atoms with Gasteiger partial charge >= 0.3 is 0 Å². The Labute approximate surface area is 124 Å². The van der Waals surface area contributed by atoms with Gasteiger partial charge in [-0.25, -0.2) is 0 Å². The molecule has 0 radical (unpaired) electrons. The lowest BCUT2D eigenvalue weighted by Crippen LogP contribution is -2.14. The van der Waals surface area contributed by atoms with E-state index >= 15 is 0 Å². The SMILES string of the molecule is CNc1cc(C)ccc1C(=O)Nc1ccc(CC#N)cc1. The molecule has 4 nitrogen and oxygen atoms in total. The van der Waals surface area contributed by atoms with Gasteiger partial charge in [0.2, 0.25) is 0 Å². The highest BCUT2D eigenvalue weighted by Gasteiger charge is 2.11. The second-order valence-corrected chi connectivity index (χ2v) is 4.78. The van der Waals surface area contributed by atoms with Crippen molar-refractivity contribution >= 4 is 17.3 Å². The fourth-order valence-electron chi connectivity index (χ4n) is 2.06. The maximum atomic E-state index is 12.3. The minimum absolute atomic E-state index is 0.160. The molecule has 0 aromatic heterocycles. The zero-order chi connectivity index (χ0) is 15.2. The average Bonchev–Trinajstić information content (AvgIpc) is 2.49. The standard InChI is InChI=1S/C17H17N3O/c1-12-3-8-15(16(11-12)19-2)17(21)20-14-6-4-13(5-7-14)9-10-18/h3-8,11,19H,9H2,1-2H3,(H,20,21). The van der Waals surface area contributed by atoms with Crippen LogP contribution in [0.4, 0.5) is 11.4 Å². The van der Waals surface area contributed by atoms with E-state index in [0.717, 1.165) is 16.8 Å². The zero-order valence-corrected chi connectivity index (χ0v) is 12.1. The molecule has 0 spiro atoms. The monoisotopic (exact) mass is 279 g/mol. The number of nitriles is 1. The normalized spacial score (nSPS) is 9.76. The third-order valence-electron chi connectivity index (χ3n) is 3.18. The predicted octanol–water partition coefficient (Wildman–Crippen LogP) is 3.36. The Hall–Kier alpha value is -2.80. The molecule has 0 unspecified atom stereocenters. The van der Waals surface area contributed by atoms with Gasteiger partial charge in [-0.2, -0.15) is 5.26 Å². The van der Waals surface area contributed by atoms with Gasteiger partial charge in [0, 0.05) is 18.4 Å². The lowest BCUT2D eigenvalue weighted by molar-refractivity contribution is 0.102. The number of hydrogen-bond acceptors (Lipinski definition) is 3. The molecule has 1 amide bonds. The van der Waals surface area contributed by atoms with Gasteiger partial charge in [-0.15, -0.1) is 0 Å². The Balaban J connectivity index is 2.16. The third-order valence-corrected chi connectivity index (χ3v) is 3.18. The highest BCUT2D eigenvalue weighted by Crippen LogP contribution is 2.19. The molecule has 0 fully saturated rings. The van der Waals surface area contributed by atoms with Crippen molar-refractivity contribution in [2.24, 2.45) is 0 Å². The first kappa shape index (κ1) is 14.6. The number of carbonyl (C=O) groups is 1. The molecule has 0 heterocycles. The van der Waals surface area contributed by atoms with Gasteiger partial charge in [0.1, 0.15) is 0 Å². The number of benzene rings is 2. The summed E-state index contributed by atoms with van der Waals surface area (Å²) in [4.78, 5) is 12.3. The smallest absolute Gasteiger partial charge is 0.257 e. The topological polar surface area (TPSA) is 64.9 Å². The number of nitrogens with zero attached hydrogens (tertiary/aromatic N) is 1. The number of anilines is 2. The van der Waals surface area contributed by atoms with Crippen molar-refractivity contribution in [3.05, 3.63) is 59.2 Å². The van der Waals surface area contributed by atoms with Crippen molar-refractivity contribution in [1.82, 2.24) is 0 Å². The van der Waals surface area contributed by atoms with E-state index in [1.807, 2.05) is 31.2 Å². The van der Waals surface area contributed by atoms with E-state index in [1.54, 1.807) is 25.2 Å². The molecule has 0 aliphatic carbocycles. The van der Waals surface area contributed by atoms with Crippen LogP contribution in [0.25, 0.3) is 0 Å². The number of hydrogen-bond donors (Lipinski definition) is 2. The van der Waals surface area contributed by atoms with Crippen LogP contribution in [0.15, 0.2) is 42.5 Å². The average molecular weight is 279 g/mol. The Morgan fingerprint density at radius 2 is 1.90 bits per heavy atom. The van der Waals surface area contributed by atoms with E-state index in [0.29, 0.717) is 17.7 Å². The molecule has 0 saturated carbocycles. The molecule has 0 saturated heterocycles. The van der Waals surface area contributed by atoms with Crippen LogP contribution in [-0.2, 0) is 6.42 Å².